The highest BCUT2D eigenvalue weighted by molar-refractivity contribution is 5.94. The lowest BCUT2D eigenvalue weighted by Gasteiger charge is -2.31. The molecule has 1 saturated heterocycles. The van der Waals surface area contributed by atoms with Gasteiger partial charge in [0, 0.05) is 32.6 Å². The number of carbonyl (C=O) groups excluding carboxylic acids is 2. The molecule has 0 spiro atoms. The Morgan fingerprint density at radius 1 is 1.32 bits per heavy atom. The van der Waals surface area contributed by atoms with E-state index < -0.39 is 0 Å². The Labute approximate surface area is 132 Å². The zero-order chi connectivity index (χ0) is 15.9. The zero-order valence-electron chi connectivity index (χ0n) is 13.6. The molecule has 2 heterocycles. The van der Waals surface area contributed by atoms with E-state index in [1.807, 2.05) is 11.8 Å². The summed E-state index contributed by atoms with van der Waals surface area (Å²) in [6, 6.07) is 1.67. The molecule has 1 aliphatic heterocycles. The SMILES string of the molecule is CCCN(CCC(=O)N1CCC(C)CC1)C(=O)c1ccoc1. The van der Waals surface area contributed by atoms with Crippen LogP contribution in [0.4, 0.5) is 0 Å². The number of rotatable bonds is 6. The molecule has 5 heteroatoms. The Bertz CT molecular complexity index is 476. The third-order valence-electron chi connectivity index (χ3n) is 4.28. The molecule has 0 aliphatic carbocycles. The summed E-state index contributed by atoms with van der Waals surface area (Å²) < 4.78 is 4.97. The van der Waals surface area contributed by atoms with Gasteiger partial charge in [-0.25, -0.2) is 0 Å². The van der Waals surface area contributed by atoms with Crippen molar-refractivity contribution in [1.29, 1.82) is 0 Å². The van der Waals surface area contributed by atoms with Crippen molar-refractivity contribution in [1.82, 2.24) is 9.80 Å². The number of hydrogen-bond acceptors (Lipinski definition) is 3. The molecule has 22 heavy (non-hydrogen) atoms. The average Bonchev–Trinajstić information content (AvgIpc) is 3.05. The second-order valence-electron chi connectivity index (χ2n) is 6.12. The predicted molar refractivity (Wildman–Crippen MR) is 84.5 cm³/mol. The van der Waals surface area contributed by atoms with E-state index in [4.69, 9.17) is 4.42 Å². The fourth-order valence-electron chi connectivity index (χ4n) is 2.80. The summed E-state index contributed by atoms with van der Waals surface area (Å²) >= 11 is 0. The van der Waals surface area contributed by atoms with Crippen LogP contribution >= 0.6 is 0 Å². The van der Waals surface area contributed by atoms with E-state index in [9.17, 15) is 9.59 Å². The van der Waals surface area contributed by atoms with Crippen LogP contribution in [0.5, 0.6) is 0 Å². The maximum absolute atomic E-state index is 12.4. The van der Waals surface area contributed by atoms with Gasteiger partial charge in [-0.2, -0.15) is 0 Å². The van der Waals surface area contributed by atoms with Crippen molar-refractivity contribution in [3.8, 4) is 0 Å². The summed E-state index contributed by atoms with van der Waals surface area (Å²) in [5.41, 5.74) is 0.549. The van der Waals surface area contributed by atoms with E-state index >= 15 is 0 Å². The van der Waals surface area contributed by atoms with Gasteiger partial charge in [0.15, 0.2) is 0 Å². The van der Waals surface area contributed by atoms with Gasteiger partial charge in [0.25, 0.3) is 5.91 Å². The van der Waals surface area contributed by atoms with Crippen LogP contribution in [0.25, 0.3) is 0 Å². The van der Waals surface area contributed by atoms with Gasteiger partial charge in [-0.3, -0.25) is 9.59 Å². The second kappa shape index (κ2) is 8.01. The second-order valence-corrected chi connectivity index (χ2v) is 6.12. The monoisotopic (exact) mass is 306 g/mol. The summed E-state index contributed by atoms with van der Waals surface area (Å²) in [5.74, 6) is 0.812. The fraction of sp³-hybridized carbons (Fsp3) is 0.647. The molecule has 0 N–H and O–H groups in total. The number of amides is 2. The molecule has 0 bridgehead atoms. The van der Waals surface area contributed by atoms with Crippen LogP contribution in [0.2, 0.25) is 0 Å². The van der Waals surface area contributed by atoms with Crippen molar-refractivity contribution in [2.24, 2.45) is 5.92 Å². The number of furan rings is 1. The summed E-state index contributed by atoms with van der Waals surface area (Å²) in [6.07, 6.45) is 6.39. The van der Waals surface area contributed by atoms with Crippen LogP contribution in [0.3, 0.4) is 0 Å². The molecule has 2 rings (SSSR count). The Hall–Kier alpha value is -1.78. The smallest absolute Gasteiger partial charge is 0.257 e. The normalized spacial score (nSPS) is 15.8. The lowest BCUT2D eigenvalue weighted by molar-refractivity contribution is -0.132. The van der Waals surface area contributed by atoms with Gasteiger partial charge in [-0.05, 0) is 31.2 Å². The fourth-order valence-corrected chi connectivity index (χ4v) is 2.80. The minimum Gasteiger partial charge on any atom is -0.472 e. The molecule has 0 atom stereocenters. The predicted octanol–water partition coefficient (Wildman–Crippen LogP) is 2.78. The van der Waals surface area contributed by atoms with Crippen LogP contribution in [0.1, 0.15) is 49.9 Å². The molecule has 5 nitrogen and oxygen atoms in total. The minimum absolute atomic E-state index is 0.0596. The first-order valence-electron chi connectivity index (χ1n) is 8.21. The number of carbonyl (C=O) groups is 2. The lowest BCUT2D eigenvalue weighted by atomic mass is 9.99. The molecule has 1 fully saturated rings. The van der Waals surface area contributed by atoms with Crippen LogP contribution in [0.15, 0.2) is 23.0 Å². The van der Waals surface area contributed by atoms with Crippen molar-refractivity contribution in [3.63, 3.8) is 0 Å². The first-order chi connectivity index (χ1) is 10.6. The third-order valence-corrected chi connectivity index (χ3v) is 4.28. The van der Waals surface area contributed by atoms with Crippen LogP contribution < -0.4 is 0 Å². The number of hydrogen-bond donors (Lipinski definition) is 0. The van der Waals surface area contributed by atoms with E-state index in [1.165, 1.54) is 12.5 Å². The zero-order valence-corrected chi connectivity index (χ0v) is 13.6. The van der Waals surface area contributed by atoms with Crippen LogP contribution in [0, 0.1) is 5.92 Å². The molecular weight excluding hydrogens is 280 g/mol. The Morgan fingerprint density at radius 2 is 2.05 bits per heavy atom. The number of nitrogens with zero attached hydrogens (tertiary/aromatic N) is 2. The first-order valence-corrected chi connectivity index (χ1v) is 8.21. The van der Waals surface area contributed by atoms with Crippen molar-refractivity contribution >= 4 is 11.8 Å². The summed E-state index contributed by atoms with van der Waals surface area (Å²) in [7, 11) is 0. The highest BCUT2D eigenvalue weighted by Crippen LogP contribution is 2.17. The molecule has 0 radical (unpaired) electrons. The average molecular weight is 306 g/mol. The van der Waals surface area contributed by atoms with Crippen molar-refractivity contribution in [3.05, 3.63) is 24.2 Å². The molecule has 0 saturated carbocycles. The van der Waals surface area contributed by atoms with Crippen LogP contribution in [-0.2, 0) is 4.79 Å². The van der Waals surface area contributed by atoms with Crippen molar-refractivity contribution in [2.75, 3.05) is 26.2 Å². The molecule has 122 valence electrons. The van der Waals surface area contributed by atoms with Gasteiger partial charge in [0.05, 0.1) is 11.8 Å². The highest BCUT2D eigenvalue weighted by atomic mass is 16.3. The van der Waals surface area contributed by atoms with Gasteiger partial charge in [-0.15, -0.1) is 0 Å². The standard InChI is InChI=1S/C17H26N2O3/c1-3-8-19(17(21)15-7-12-22-13-15)11-6-16(20)18-9-4-14(2)5-10-18/h7,12-14H,3-6,8-11H2,1-2H3. The molecular formula is C17H26N2O3. The summed E-state index contributed by atoms with van der Waals surface area (Å²) in [4.78, 5) is 28.3. The Kier molecular flexibility index (Phi) is 6.04. The van der Waals surface area contributed by atoms with Gasteiger partial charge < -0.3 is 14.2 Å². The van der Waals surface area contributed by atoms with E-state index in [0.29, 0.717) is 31.0 Å². The Balaban J connectivity index is 1.86. The summed E-state index contributed by atoms with van der Waals surface area (Å²) in [5, 5.41) is 0. The Morgan fingerprint density at radius 3 is 2.64 bits per heavy atom. The van der Waals surface area contributed by atoms with Gasteiger partial charge >= 0.3 is 0 Å². The third kappa shape index (κ3) is 4.36. The topological polar surface area (TPSA) is 53.8 Å². The molecule has 0 aromatic carbocycles. The van der Waals surface area contributed by atoms with Gasteiger partial charge in [0.2, 0.25) is 5.91 Å². The van der Waals surface area contributed by atoms with Gasteiger partial charge in [0.1, 0.15) is 6.26 Å². The van der Waals surface area contributed by atoms with E-state index in [0.717, 1.165) is 32.4 Å². The molecule has 2 amide bonds. The van der Waals surface area contributed by atoms with Crippen molar-refractivity contribution in [2.45, 2.75) is 39.5 Å². The number of likely N-dealkylation sites (tertiary alicyclic amines) is 1. The van der Waals surface area contributed by atoms with Gasteiger partial charge in [-0.1, -0.05) is 13.8 Å². The highest BCUT2D eigenvalue weighted by Gasteiger charge is 2.22. The quantitative estimate of drug-likeness (QED) is 0.812. The molecule has 0 unspecified atom stereocenters. The summed E-state index contributed by atoms with van der Waals surface area (Å²) in [6.45, 7) is 7.10. The molecule has 1 aromatic rings. The minimum atomic E-state index is -0.0596. The number of piperidine rings is 1. The first kappa shape index (κ1) is 16.6. The molecule has 1 aliphatic rings. The molecule has 1 aromatic heterocycles. The lowest BCUT2D eigenvalue weighted by Crippen LogP contribution is -2.40. The largest absolute Gasteiger partial charge is 0.472 e. The van der Waals surface area contributed by atoms with Crippen LogP contribution in [-0.4, -0.2) is 47.8 Å². The van der Waals surface area contributed by atoms with E-state index in [2.05, 4.69) is 6.92 Å². The maximum Gasteiger partial charge on any atom is 0.257 e. The maximum atomic E-state index is 12.4. The van der Waals surface area contributed by atoms with E-state index in [-0.39, 0.29) is 11.8 Å². The van der Waals surface area contributed by atoms with E-state index in [1.54, 1.807) is 11.0 Å². The van der Waals surface area contributed by atoms with Crippen molar-refractivity contribution < 1.29 is 14.0 Å².